The summed E-state index contributed by atoms with van der Waals surface area (Å²) in [6.07, 6.45) is -2.72. The van der Waals surface area contributed by atoms with E-state index in [1.165, 1.54) is 0 Å². The molecule has 0 aliphatic carbocycles. The number of hydrogen-bond acceptors (Lipinski definition) is 7. The van der Waals surface area contributed by atoms with Crippen LogP contribution in [0, 0.1) is 0 Å². The maximum Gasteiger partial charge on any atom is 0.459 e. The van der Waals surface area contributed by atoms with Gasteiger partial charge in [-0.05, 0) is 95.0 Å². The molecule has 0 heterocycles. The van der Waals surface area contributed by atoms with Gasteiger partial charge in [0.2, 0.25) is 5.91 Å². The fourth-order valence-electron chi connectivity index (χ4n) is 5.84. The summed E-state index contributed by atoms with van der Waals surface area (Å²) in [5.41, 5.74) is 15.4. The number of rotatable bonds is 17. The Kier molecular flexibility index (Phi) is 13.8. The Morgan fingerprint density at radius 3 is 1.81 bits per heavy atom. The Morgan fingerprint density at radius 2 is 1.22 bits per heavy atom. The standard InChI is InChI=1S/C39H40F7N3O5/c1-49(24-37(40,41)38(42,43)39(44,45)46)34(50)20-11-26-9-7-25(8-10-26)5-3-2-4-6-33-31(27-12-15-29(16-13-27)53-35(51)22-47)18-14-28-21-30(17-19-32(28)33)54-36(52)23-48/h7-10,12-19,21H,2-6,11,20,22-24,47-48H2,1H3. The van der Waals surface area contributed by atoms with Gasteiger partial charge in [0.1, 0.15) is 11.5 Å². The molecule has 0 saturated carbocycles. The van der Waals surface area contributed by atoms with Gasteiger partial charge in [-0.25, -0.2) is 0 Å². The number of halogens is 7. The highest BCUT2D eigenvalue weighted by molar-refractivity contribution is 5.93. The Hall–Kier alpha value is -5.02. The van der Waals surface area contributed by atoms with E-state index < -0.39 is 42.4 Å². The van der Waals surface area contributed by atoms with Crippen LogP contribution in [0.3, 0.4) is 0 Å². The second kappa shape index (κ2) is 17.9. The van der Waals surface area contributed by atoms with Gasteiger partial charge < -0.3 is 25.8 Å². The fraction of sp³-hybridized carbons (Fsp3) is 0.359. The van der Waals surface area contributed by atoms with Crippen molar-refractivity contribution in [1.82, 2.24) is 4.90 Å². The molecule has 54 heavy (non-hydrogen) atoms. The maximum absolute atomic E-state index is 13.7. The molecule has 0 atom stereocenters. The van der Waals surface area contributed by atoms with E-state index in [4.69, 9.17) is 20.9 Å². The first kappa shape index (κ1) is 41.7. The lowest BCUT2D eigenvalue weighted by atomic mass is 9.90. The number of aryl methyl sites for hydroxylation is 3. The Labute approximate surface area is 307 Å². The second-order valence-corrected chi connectivity index (χ2v) is 12.8. The number of ether oxygens (including phenoxy) is 2. The Balaban J connectivity index is 1.35. The first-order chi connectivity index (χ1) is 25.5. The predicted octanol–water partition coefficient (Wildman–Crippen LogP) is 7.41. The van der Waals surface area contributed by atoms with E-state index in [9.17, 15) is 45.1 Å². The van der Waals surface area contributed by atoms with Crippen molar-refractivity contribution in [2.75, 3.05) is 26.7 Å². The Bertz CT molecular complexity index is 1920. The quantitative estimate of drug-likeness (QED) is 0.0497. The zero-order chi connectivity index (χ0) is 39.7. The van der Waals surface area contributed by atoms with E-state index in [2.05, 4.69) is 0 Å². The van der Waals surface area contributed by atoms with Crippen LogP contribution in [0.25, 0.3) is 21.9 Å². The SMILES string of the molecule is CN(CC(F)(F)C(F)(F)C(F)(F)F)C(=O)CCc1ccc(CCCCCc2c(-c3ccc(OC(=O)CN)cc3)ccc3cc(OC(=O)CN)ccc23)cc1. The number of amides is 1. The molecular weight excluding hydrogens is 723 g/mol. The van der Waals surface area contributed by atoms with Gasteiger partial charge in [0.15, 0.2) is 0 Å². The van der Waals surface area contributed by atoms with E-state index in [0.29, 0.717) is 17.1 Å². The number of benzene rings is 4. The number of carbonyl (C=O) groups excluding carboxylic acids is 3. The zero-order valence-electron chi connectivity index (χ0n) is 29.4. The molecule has 290 valence electrons. The lowest BCUT2D eigenvalue weighted by Gasteiger charge is -2.31. The van der Waals surface area contributed by atoms with Crippen molar-refractivity contribution >= 4 is 28.6 Å². The van der Waals surface area contributed by atoms with Crippen LogP contribution in [0.5, 0.6) is 11.5 Å². The van der Waals surface area contributed by atoms with Crippen LogP contribution in [0.2, 0.25) is 0 Å². The van der Waals surface area contributed by atoms with Crippen LogP contribution in [-0.2, 0) is 33.6 Å². The summed E-state index contributed by atoms with van der Waals surface area (Å²) >= 11 is 0. The third kappa shape index (κ3) is 10.6. The van der Waals surface area contributed by atoms with Crippen molar-refractivity contribution in [2.45, 2.75) is 63.0 Å². The molecule has 0 saturated heterocycles. The van der Waals surface area contributed by atoms with Crippen molar-refractivity contribution in [3.8, 4) is 22.6 Å². The summed E-state index contributed by atoms with van der Waals surface area (Å²) < 4.78 is 102. The third-order valence-electron chi connectivity index (χ3n) is 8.78. The van der Waals surface area contributed by atoms with E-state index in [0.717, 1.165) is 72.2 Å². The first-order valence-corrected chi connectivity index (χ1v) is 17.1. The number of fused-ring (bicyclic) bond motifs is 1. The minimum atomic E-state index is -6.46. The van der Waals surface area contributed by atoms with E-state index in [1.807, 2.05) is 42.5 Å². The molecule has 1 amide bonds. The molecular formula is C39H40F7N3O5. The highest BCUT2D eigenvalue weighted by Crippen LogP contribution is 2.46. The highest BCUT2D eigenvalue weighted by atomic mass is 19.4. The highest BCUT2D eigenvalue weighted by Gasteiger charge is 2.73. The molecule has 15 heteroatoms. The number of carbonyl (C=O) groups is 3. The molecule has 0 aliphatic rings. The lowest BCUT2D eigenvalue weighted by Crippen LogP contribution is -2.57. The average Bonchev–Trinajstić information content (AvgIpc) is 3.13. The van der Waals surface area contributed by atoms with Gasteiger partial charge in [0, 0.05) is 13.5 Å². The number of unbranched alkanes of at least 4 members (excludes halogenated alkanes) is 2. The van der Waals surface area contributed by atoms with E-state index in [1.54, 1.807) is 36.4 Å². The topological polar surface area (TPSA) is 125 Å². The molecule has 4 aromatic rings. The Morgan fingerprint density at radius 1 is 0.667 bits per heavy atom. The summed E-state index contributed by atoms with van der Waals surface area (Å²) in [6, 6.07) is 23.6. The molecule has 0 bridgehead atoms. The van der Waals surface area contributed by atoms with Gasteiger partial charge in [-0.15, -0.1) is 0 Å². The minimum absolute atomic E-state index is 0.0799. The minimum Gasteiger partial charge on any atom is -0.426 e. The van der Waals surface area contributed by atoms with E-state index in [-0.39, 0.29) is 30.8 Å². The van der Waals surface area contributed by atoms with Crippen LogP contribution >= 0.6 is 0 Å². The van der Waals surface area contributed by atoms with Crippen LogP contribution in [0.15, 0.2) is 78.9 Å². The van der Waals surface area contributed by atoms with Crippen molar-refractivity contribution in [3.05, 3.63) is 95.6 Å². The summed E-state index contributed by atoms with van der Waals surface area (Å²) in [6.45, 7) is -2.57. The second-order valence-electron chi connectivity index (χ2n) is 12.8. The van der Waals surface area contributed by atoms with Gasteiger partial charge in [0.05, 0.1) is 19.6 Å². The first-order valence-electron chi connectivity index (χ1n) is 17.1. The molecule has 0 aliphatic heterocycles. The summed E-state index contributed by atoms with van der Waals surface area (Å²) in [4.78, 5) is 35.8. The van der Waals surface area contributed by atoms with Gasteiger partial charge >= 0.3 is 30.0 Å². The molecule has 4 N–H and O–H groups in total. The molecule has 0 unspecified atom stereocenters. The number of nitrogens with two attached hydrogens (primary N) is 2. The van der Waals surface area contributed by atoms with E-state index >= 15 is 0 Å². The smallest absolute Gasteiger partial charge is 0.426 e. The summed E-state index contributed by atoms with van der Waals surface area (Å²) in [5, 5.41) is 1.85. The van der Waals surface area contributed by atoms with Gasteiger partial charge in [-0.2, -0.15) is 30.7 Å². The molecule has 8 nitrogen and oxygen atoms in total. The number of alkyl halides is 7. The molecule has 4 aromatic carbocycles. The zero-order valence-corrected chi connectivity index (χ0v) is 29.4. The maximum atomic E-state index is 13.7. The molecule has 0 aromatic heterocycles. The monoisotopic (exact) mass is 763 g/mol. The average molecular weight is 764 g/mol. The molecule has 0 radical (unpaired) electrons. The molecule has 4 rings (SSSR count). The van der Waals surface area contributed by atoms with Gasteiger partial charge in [-0.3, -0.25) is 14.4 Å². The predicted molar refractivity (Wildman–Crippen MR) is 188 cm³/mol. The number of esters is 2. The lowest BCUT2D eigenvalue weighted by molar-refractivity contribution is -0.355. The van der Waals surface area contributed by atoms with Crippen molar-refractivity contribution in [1.29, 1.82) is 0 Å². The molecule has 0 fully saturated rings. The fourth-order valence-corrected chi connectivity index (χ4v) is 5.84. The van der Waals surface area contributed by atoms with Crippen LogP contribution in [0.1, 0.15) is 42.4 Å². The number of nitrogens with zero attached hydrogens (tertiary/aromatic N) is 1. The molecule has 0 spiro atoms. The van der Waals surface area contributed by atoms with Crippen molar-refractivity contribution in [3.63, 3.8) is 0 Å². The normalized spacial score (nSPS) is 12.1. The van der Waals surface area contributed by atoms with Gasteiger partial charge in [-0.1, -0.05) is 61.0 Å². The van der Waals surface area contributed by atoms with Crippen LogP contribution in [0.4, 0.5) is 30.7 Å². The van der Waals surface area contributed by atoms with Crippen LogP contribution < -0.4 is 20.9 Å². The summed E-state index contributed by atoms with van der Waals surface area (Å²) in [5.74, 6) is -13.1. The summed E-state index contributed by atoms with van der Waals surface area (Å²) in [7, 11) is 0.757. The van der Waals surface area contributed by atoms with Gasteiger partial charge in [0.25, 0.3) is 0 Å². The number of hydrogen-bond donors (Lipinski definition) is 2. The van der Waals surface area contributed by atoms with Crippen LogP contribution in [-0.4, -0.2) is 67.4 Å². The largest absolute Gasteiger partial charge is 0.459 e. The van der Waals surface area contributed by atoms with Crippen molar-refractivity contribution < 1.29 is 54.6 Å². The van der Waals surface area contributed by atoms with Crippen molar-refractivity contribution in [2.24, 2.45) is 11.5 Å². The third-order valence-corrected chi connectivity index (χ3v) is 8.78.